The molecule has 1 aliphatic carbocycles. The van der Waals surface area contributed by atoms with Gasteiger partial charge in [-0.05, 0) is 44.9 Å². The molecule has 2 aliphatic rings. The van der Waals surface area contributed by atoms with Gasteiger partial charge in [-0.2, -0.15) is 5.10 Å². The summed E-state index contributed by atoms with van der Waals surface area (Å²) in [6, 6.07) is 5.73. The minimum atomic E-state index is -0.392. The molecule has 1 aromatic heterocycles. The average molecular weight is 402 g/mol. The van der Waals surface area contributed by atoms with Gasteiger partial charge in [0.05, 0.1) is 23.6 Å². The molecule has 1 fully saturated rings. The second-order valence-corrected chi connectivity index (χ2v) is 6.89. The van der Waals surface area contributed by atoms with E-state index < -0.39 is 5.91 Å². The Morgan fingerprint density at radius 1 is 1.24 bits per heavy atom. The summed E-state index contributed by atoms with van der Waals surface area (Å²) >= 11 is 0. The van der Waals surface area contributed by atoms with Crippen molar-refractivity contribution in [2.75, 3.05) is 25.6 Å². The first-order valence-electron chi connectivity index (χ1n) is 9.66. The fourth-order valence-electron chi connectivity index (χ4n) is 3.29. The van der Waals surface area contributed by atoms with Gasteiger partial charge in [-0.15, -0.1) is 0 Å². The van der Waals surface area contributed by atoms with Crippen LogP contribution in [0.15, 0.2) is 24.4 Å². The molecule has 0 radical (unpaired) electrons. The molecule has 1 aromatic carbocycles. The summed E-state index contributed by atoms with van der Waals surface area (Å²) in [5.74, 6) is 0.552. The molecule has 9 heteroatoms. The number of aldehydes is 1. The van der Waals surface area contributed by atoms with Crippen molar-refractivity contribution in [3.8, 4) is 11.5 Å². The van der Waals surface area contributed by atoms with Gasteiger partial charge in [-0.3, -0.25) is 14.7 Å². The number of amides is 1. The summed E-state index contributed by atoms with van der Waals surface area (Å²) in [7, 11) is 1.99. The van der Waals surface area contributed by atoms with Crippen LogP contribution in [0, 0.1) is 0 Å². The number of hydrogen-bond donors (Lipinski definition) is 4. The molecule has 0 unspecified atom stereocenters. The van der Waals surface area contributed by atoms with Gasteiger partial charge in [-0.25, -0.2) is 0 Å². The average Bonchev–Trinajstić information content (AvgIpc) is 3.21. The van der Waals surface area contributed by atoms with Gasteiger partial charge in [0.2, 0.25) is 0 Å². The second kappa shape index (κ2) is 10.0. The normalized spacial score (nSPS) is 20.2. The minimum Gasteiger partial charge on any atom is -0.486 e. The van der Waals surface area contributed by atoms with E-state index in [0.29, 0.717) is 48.3 Å². The van der Waals surface area contributed by atoms with Crippen molar-refractivity contribution in [1.82, 2.24) is 15.5 Å². The number of fused-ring (bicyclic) bond motifs is 1. The van der Waals surface area contributed by atoms with Gasteiger partial charge in [0, 0.05) is 6.04 Å². The number of nitrogens with one attached hydrogen (secondary N) is 3. The molecule has 9 nitrogen and oxygen atoms in total. The van der Waals surface area contributed by atoms with Crippen LogP contribution in [0.5, 0.6) is 11.5 Å². The smallest absolute Gasteiger partial charge is 0.259 e. The van der Waals surface area contributed by atoms with Gasteiger partial charge in [0.25, 0.3) is 5.91 Å². The highest BCUT2D eigenvalue weighted by atomic mass is 16.6. The van der Waals surface area contributed by atoms with Gasteiger partial charge in [0.15, 0.2) is 17.8 Å². The Balaban J connectivity index is 0.000000224. The summed E-state index contributed by atoms with van der Waals surface area (Å²) < 4.78 is 10.9. The van der Waals surface area contributed by atoms with E-state index in [1.807, 2.05) is 7.05 Å². The zero-order chi connectivity index (χ0) is 20.6. The topological polar surface area (TPSA) is 126 Å². The van der Waals surface area contributed by atoms with Crippen molar-refractivity contribution in [2.45, 2.75) is 37.8 Å². The second-order valence-electron chi connectivity index (χ2n) is 6.89. The molecule has 0 atom stereocenters. The van der Waals surface area contributed by atoms with Crippen LogP contribution in [0.4, 0.5) is 5.69 Å². The van der Waals surface area contributed by atoms with Crippen LogP contribution in [0.1, 0.15) is 46.5 Å². The zero-order valence-electron chi connectivity index (χ0n) is 16.3. The Morgan fingerprint density at radius 3 is 2.72 bits per heavy atom. The summed E-state index contributed by atoms with van der Waals surface area (Å²) in [5, 5.41) is 21.1. The maximum atomic E-state index is 12.2. The van der Waals surface area contributed by atoms with Gasteiger partial charge >= 0.3 is 0 Å². The molecule has 0 bridgehead atoms. The summed E-state index contributed by atoms with van der Waals surface area (Å²) in [5.41, 5.74) is 0.875. The molecule has 0 saturated heterocycles. The van der Waals surface area contributed by atoms with Crippen molar-refractivity contribution in [3.05, 3.63) is 35.7 Å². The van der Waals surface area contributed by atoms with Crippen LogP contribution in [0.2, 0.25) is 0 Å². The zero-order valence-corrected chi connectivity index (χ0v) is 16.3. The molecule has 1 saturated carbocycles. The minimum absolute atomic E-state index is 0.0189. The molecule has 2 aromatic rings. The third-order valence-electron chi connectivity index (χ3n) is 4.95. The van der Waals surface area contributed by atoms with Gasteiger partial charge in [-0.1, -0.05) is 6.07 Å². The molecule has 29 heavy (non-hydrogen) atoms. The SMILES string of the molecule is CNC1CCC(O)CC1.O=Cc1[nH]ncc1NC(=O)c1cccc2c1OCCO2. The number of ether oxygens (including phenoxy) is 2. The van der Waals surface area contributed by atoms with E-state index in [1.54, 1.807) is 18.2 Å². The molecular weight excluding hydrogens is 376 g/mol. The van der Waals surface area contributed by atoms with Crippen molar-refractivity contribution >= 4 is 17.9 Å². The fourth-order valence-corrected chi connectivity index (χ4v) is 3.29. The predicted octanol–water partition coefficient (Wildman–Crippen LogP) is 1.75. The summed E-state index contributed by atoms with van der Waals surface area (Å²) in [6.45, 7) is 0.845. The van der Waals surface area contributed by atoms with Crippen LogP contribution in [0.25, 0.3) is 0 Å². The van der Waals surface area contributed by atoms with Crippen LogP contribution < -0.4 is 20.1 Å². The van der Waals surface area contributed by atoms with Gasteiger partial charge < -0.3 is 25.2 Å². The lowest BCUT2D eigenvalue weighted by Crippen LogP contribution is -2.31. The highest BCUT2D eigenvalue weighted by Gasteiger charge is 2.21. The molecular formula is C20H26N4O5. The number of aliphatic hydroxyl groups excluding tert-OH is 1. The van der Waals surface area contributed by atoms with Gasteiger partial charge in [0.1, 0.15) is 18.9 Å². The number of anilines is 1. The van der Waals surface area contributed by atoms with Crippen molar-refractivity contribution < 1.29 is 24.2 Å². The van der Waals surface area contributed by atoms with Crippen molar-refractivity contribution in [2.24, 2.45) is 0 Å². The van der Waals surface area contributed by atoms with E-state index in [-0.39, 0.29) is 11.8 Å². The lowest BCUT2D eigenvalue weighted by atomic mass is 9.93. The number of carbonyl (C=O) groups excluding carboxylic acids is 2. The summed E-state index contributed by atoms with van der Waals surface area (Å²) in [4.78, 5) is 23.0. The first-order chi connectivity index (χ1) is 14.1. The molecule has 1 aliphatic heterocycles. The number of para-hydroxylation sites is 1. The van der Waals surface area contributed by atoms with Crippen LogP contribution in [0.3, 0.4) is 0 Å². The number of nitrogens with zero attached hydrogens (tertiary/aromatic N) is 1. The Bertz CT molecular complexity index is 830. The number of carbonyl (C=O) groups is 2. The number of benzene rings is 1. The quantitative estimate of drug-likeness (QED) is 0.574. The first-order valence-corrected chi connectivity index (χ1v) is 9.66. The maximum absolute atomic E-state index is 12.2. The highest BCUT2D eigenvalue weighted by molar-refractivity contribution is 6.08. The Hall–Kier alpha value is -2.91. The monoisotopic (exact) mass is 402 g/mol. The fraction of sp³-hybridized carbons (Fsp3) is 0.450. The largest absolute Gasteiger partial charge is 0.486 e. The molecule has 156 valence electrons. The third kappa shape index (κ3) is 5.33. The van der Waals surface area contributed by atoms with E-state index >= 15 is 0 Å². The van der Waals surface area contributed by atoms with E-state index in [2.05, 4.69) is 20.8 Å². The maximum Gasteiger partial charge on any atom is 0.259 e. The molecule has 4 N–H and O–H groups in total. The molecule has 0 spiro atoms. The number of hydrogen-bond acceptors (Lipinski definition) is 7. The molecule has 2 heterocycles. The lowest BCUT2D eigenvalue weighted by Gasteiger charge is -2.24. The number of aromatic nitrogens is 2. The van der Waals surface area contributed by atoms with Crippen LogP contribution >= 0.6 is 0 Å². The summed E-state index contributed by atoms with van der Waals surface area (Å²) in [6.07, 6.45) is 6.17. The standard InChI is InChI=1S/C13H11N3O4.C7H15NO/c17-7-10-9(6-14-16-10)15-13(18)8-2-1-3-11-12(8)20-5-4-19-11;1-8-6-2-4-7(9)5-3-6/h1-3,6-7H,4-5H2,(H,14,16)(H,15,18);6-9H,2-5H2,1H3. The number of rotatable bonds is 4. The number of aromatic amines is 1. The third-order valence-corrected chi connectivity index (χ3v) is 4.95. The lowest BCUT2D eigenvalue weighted by molar-refractivity contribution is 0.101. The van der Waals surface area contributed by atoms with Crippen molar-refractivity contribution in [1.29, 1.82) is 0 Å². The van der Waals surface area contributed by atoms with Crippen LogP contribution in [-0.2, 0) is 0 Å². The predicted molar refractivity (Wildman–Crippen MR) is 107 cm³/mol. The number of H-pyrrole nitrogens is 1. The van der Waals surface area contributed by atoms with Crippen molar-refractivity contribution in [3.63, 3.8) is 0 Å². The molecule has 1 amide bonds. The number of aliphatic hydroxyl groups is 1. The van der Waals surface area contributed by atoms with E-state index in [1.165, 1.54) is 6.20 Å². The Labute approximate surface area is 168 Å². The van der Waals surface area contributed by atoms with E-state index in [0.717, 1.165) is 25.7 Å². The first kappa shape index (κ1) is 20.8. The highest BCUT2D eigenvalue weighted by Crippen LogP contribution is 2.34. The Morgan fingerprint density at radius 2 is 2.00 bits per heavy atom. The van der Waals surface area contributed by atoms with E-state index in [9.17, 15) is 9.59 Å². The van der Waals surface area contributed by atoms with Crippen LogP contribution in [-0.4, -0.2) is 59.9 Å². The van der Waals surface area contributed by atoms with E-state index in [4.69, 9.17) is 14.6 Å². The Kier molecular flexibility index (Phi) is 7.20. The molecule has 4 rings (SSSR count).